The van der Waals surface area contributed by atoms with Gasteiger partial charge in [0.05, 0.1) is 0 Å². The molecule has 7 heteroatoms. The summed E-state index contributed by atoms with van der Waals surface area (Å²) in [5.74, 6) is 0.971. The van der Waals surface area contributed by atoms with E-state index in [1.54, 1.807) is 14.2 Å². The summed E-state index contributed by atoms with van der Waals surface area (Å²) in [6, 6.07) is 9.97. The monoisotopic (exact) mass is 444 g/mol. The molecule has 0 fully saturated rings. The molecule has 0 aliphatic rings. The molecule has 0 N–H and O–H groups in total. The zero-order chi connectivity index (χ0) is 22.1. The van der Waals surface area contributed by atoms with Crippen LogP contribution in [0.25, 0.3) is 0 Å². The van der Waals surface area contributed by atoms with Crippen molar-refractivity contribution < 1.29 is 13.6 Å². The quantitative estimate of drug-likeness (QED) is 0.317. The summed E-state index contributed by atoms with van der Waals surface area (Å²) in [6.45, 7) is 18.1. The molecule has 0 saturated heterocycles. The molecule has 1 rings (SSSR count). The first-order valence-corrected chi connectivity index (χ1v) is 13.1. The van der Waals surface area contributed by atoms with Gasteiger partial charge in [0.1, 0.15) is 5.75 Å². The Morgan fingerprint density at radius 3 is 1.62 bits per heavy atom. The highest BCUT2D eigenvalue weighted by Crippen LogP contribution is 2.51. The summed E-state index contributed by atoms with van der Waals surface area (Å²) in [5, 5.41) is 0. The van der Waals surface area contributed by atoms with Gasteiger partial charge in [0.2, 0.25) is 8.45 Å². The number of benzene rings is 1. The molecule has 1 aromatic rings. The molecule has 1 aromatic carbocycles. The molecule has 0 atom stereocenters. The highest BCUT2D eigenvalue weighted by Gasteiger charge is 2.36. The third kappa shape index (κ3) is 8.05. The highest BCUT2D eigenvalue weighted by atomic mass is 31.2. The second kappa shape index (κ2) is 13.2. The Bertz CT molecular complexity index is 545. The van der Waals surface area contributed by atoms with Crippen LogP contribution in [0.15, 0.2) is 24.3 Å². The van der Waals surface area contributed by atoms with Crippen molar-refractivity contribution in [3.05, 3.63) is 29.8 Å². The number of para-hydroxylation sites is 1. The van der Waals surface area contributed by atoms with E-state index in [0.29, 0.717) is 24.2 Å². The summed E-state index contributed by atoms with van der Waals surface area (Å²) in [6.07, 6.45) is 1.73. The van der Waals surface area contributed by atoms with E-state index in [1.807, 2.05) is 0 Å². The van der Waals surface area contributed by atoms with Crippen LogP contribution in [-0.4, -0.2) is 53.9 Å². The number of rotatable bonds is 13. The van der Waals surface area contributed by atoms with Gasteiger partial charge in [0.15, 0.2) is 8.38 Å². The minimum atomic E-state index is -0.962. The number of nitrogens with zero attached hydrogens (tertiary/aromatic N) is 2. The maximum absolute atomic E-state index is 6.86. The summed E-state index contributed by atoms with van der Waals surface area (Å²) >= 11 is 0. The van der Waals surface area contributed by atoms with E-state index in [-0.39, 0.29) is 0 Å². The summed E-state index contributed by atoms with van der Waals surface area (Å²) < 4.78 is 22.8. The molecular formula is C22H42N2O3P2. The maximum atomic E-state index is 6.86. The lowest BCUT2D eigenvalue weighted by molar-refractivity contribution is 0.225. The molecule has 0 heterocycles. The van der Waals surface area contributed by atoms with Gasteiger partial charge in [-0.1, -0.05) is 18.2 Å². The fourth-order valence-electron chi connectivity index (χ4n) is 3.55. The smallest absolute Gasteiger partial charge is 0.249 e. The Morgan fingerprint density at radius 1 is 0.759 bits per heavy atom. The normalized spacial score (nSPS) is 12.8. The minimum absolute atomic E-state index is 0.392. The first kappa shape index (κ1) is 26.8. The molecule has 0 aliphatic heterocycles. The number of hydrogen-bond donors (Lipinski definition) is 0. The van der Waals surface area contributed by atoms with Gasteiger partial charge in [-0.05, 0) is 73.4 Å². The Hall–Kier alpha value is -0.280. The second-order valence-corrected chi connectivity index (χ2v) is 11.7. The van der Waals surface area contributed by atoms with Crippen LogP contribution >= 0.6 is 16.8 Å². The van der Waals surface area contributed by atoms with Crippen LogP contribution in [0.2, 0.25) is 0 Å². The van der Waals surface area contributed by atoms with E-state index in [2.05, 4.69) is 89.0 Å². The van der Waals surface area contributed by atoms with Crippen molar-refractivity contribution in [2.45, 2.75) is 86.0 Å². The van der Waals surface area contributed by atoms with Gasteiger partial charge in [-0.3, -0.25) is 0 Å². The summed E-state index contributed by atoms with van der Waals surface area (Å²) in [5.41, 5.74) is 1.21. The predicted octanol–water partition coefficient (Wildman–Crippen LogP) is 6.68. The number of aryl methyl sites for hydroxylation is 1. The van der Waals surface area contributed by atoms with Gasteiger partial charge in [0, 0.05) is 44.5 Å². The Morgan fingerprint density at radius 2 is 1.21 bits per heavy atom. The van der Waals surface area contributed by atoms with E-state index in [0.717, 1.165) is 18.3 Å². The lowest BCUT2D eigenvalue weighted by Crippen LogP contribution is -2.44. The Kier molecular flexibility index (Phi) is 12.2. The minimum Gasteiger partial charge on any atom is -0.444 e. The molecular weight excluding hydrogens is 402 g/mol. The Balaban J connectivity index is 3.25. The van der Waals surface area contributed by atoms with E-state index >= 15 is 0 Å². The van der Waals surface area contributed by atoms with Crippen molar-refractivity contribution >= 4 is 16.8 Å². The first-order chi connectivity index (χ1) is 13.6. The Labute approximate surface area is 182 Å². The van der Waals surface area contributed by atoms with Gasteiger partial charge in [-0.25, -0.2) is 9.34 Å². The van der Waals surface area contributed by atoms with Crippen molar-refractivity contribution in [1.29, 1.82) is 0 Å². The van der Waals surface area contributed by atoms with Crippen LogP contribution in [0, 0.1) is 0 Å². The van der Waals surface area contributed by atoms with E-state index in [9.17, 15) is 0 Å². The fraction of sp³-hybridized carbons (Fsp3) is 0.727. The zero-order valence-corrected chi connectivity index (χ0v) is 21.8. The molecule has 168 valence electrons. The highest BCUT2D eigenvalue weighted by molar-refractivity contribution is 7.48. The van der Waals surface area contributed by atoms with Gasteiger partial charge < -0.3 is 13.6 Å². The van der Waals surface area contributed by atoms with Crippen LogP contribution in [-0.2, 0) is 15.5 Å². The molecule has 0 unspecified atom stereocenters. The molecule has 0 amide bonds. The zero-order valence-electron chi connectivity index (χ0n) is 20.0. The standard InChI is InChI=1S/C22H42N2O3P2/c1-17(2)23(18(3)4)29(24(19(5)6)20(7)8)27-22-14-12-11-13-21(22)15-16-28(25-9)26-10/h11-14,17-20H,15-16H2,1-10H3. The van der Waals surface area contributed by atoms with Crippen LogP contribution < -0.4 is 4.52 Å². The predicted molar refractivity (Wildman–Crippen MR) is 128 cm³/mol. The van der Waals surface area contributed by atoms with Crippen molar-refractivity contribution in [3.63, 3.8) is 0 Å². The maximum Gasteiger partial charge on any atom is 0.249 e. The van der Waals surface area contributed by atoms with Gasteiger partial charge in [-0.15, -0.1) is 0 Å². The lowest BCUT2D eigenvalue weighted by atomic mass is 10.1. The molecule has 0 radical (unpaired) electrons. The van der Waals surface area contributed by atoms with Gasteiger partial charge >= 0.3 is 0 Å². The molecule has 0 saturated carbocycles. The average molecular weight is 445 g/mol. The molecule has 5 nitrogen and oxygen atoms in total. The van der Waals surface area contributed by atoms with Crippen LogP contribution in [0.4, 0.5) is 0 Å². The largest absolute Gasteiger partial charge is 0.444 e. The fourth-order valence-corrected chi connectivity index (χ4v) is 6.85. The molecule has 0 aliphatic carbocycles. The van der Waals surface area contributed by atoms with E-state index in [1.165, 1.54) is 5.56 Å². The molecule has 0 spiro atoms. The topological polar surface area (TPSA) is 34.2 Å². The van der Waals surface area contributed by atoms with Crippen LogP contribution in [0.1, 0.15) is 61.0 Å². The molecule has 0 bridgehead atoms. The number of hydrogen-bond acceptors (Lipinski definition) is 5. The third-order valence-electron chi connectivity index (χ3n) is 4.64. The van der Waals surface area contributed by atoms with Crippen molar-refractivity contribution in [2.75, 3.05) is 20.4 Å². The van der Waals surface area contributed by atoms with E-state index in [4.69, 9.17) is 13.6 Å². The lowest BCUT2D eigenvalue weighted by Gasteiger charge is -2.45. The SMILES string of the molecule is COP(CCc1ccccc1OP(N(C(C)C)C(C)C)N(C(C)C)C(C)C)OC. The van der Waals surface area contributed by atoms with E-state index < -0.39 is 16.8 Å². The second-order valence-electron chi connectivity index (χ2n) is 8.26. The summed E-state index contributed by atoms with van der Waals surface area (Å²) in [7, 11) is 1.61. The molecule has 0 aromatic heterocycles. The van der Waals surface area contributed by atoms with Crippen molar-refractivity contribution in [3.8, 4) is 5.75 Å². The van der Waals surface area contributed by atoms with Crippen LogP contribution in [0.3, 0.4) is 0 Å². The summed E-state index contributed by atoms with van der Waals surface area (Å²) in [4.78, 5) is 0. The van der Waals surface area contributed by atoms with Crippen molar-refractivity contribution in [2.24, 2.45) is 0 Å². The average Bonchev–Trinajstić information content (AvgIpc) is 2.62. The molecule has 29 heavy (non-hydrogen) atoms. The van der Waals surface area contributed by atoms with Crippen LogP contribution in [0.5, 0.6) is 5.75 Å². The first-order valence-electron chi connectivity index (χ1n) is 10.6. The van der Waals surface area contributed by atoms with Gasteiger partial charge in [0.25, 0.3) is 0 Å². The van der Waals surface area contributed by atoms with Gasteiger partial charge in [-0.2, -0.15) is 0 Å². The third-order valence-corrected chi connectivity index (χ3v) is 9.04. The van der Waals surface area contributed by atoms with Crippen molar-refractivity contribution in [1.82, 2.24) is 9.34 Å².